The Labute approximate surface area is 123 Å². The maximum absolute atomic E-state index is 5.99. The summed E-state index contributed by atoms with van der Waals surface area (Å²) in [5.74, 6) is 1.09. The van der Waals surface area contributed by atoms with Crippen LogP contribution in [0.5, 0.6) is 11.6 Å². The van der Waals surface area contributed by atoms with Crippen LogP contribution in [0.1, 0.15) is 0 Å². The molecule has 2 N–H and O–H groups in total. The first-order valence-electron chi connectivity index (χ1n) is 6.59. The van der Waals surface area contributed by atoms with E-state index in [0.29, 0.717) is 17.3 Å². The highest BCUT2D eigenvalue weighted by Crippen LogP contribution is 2.32. The van der Waals surface area contributed by atoms with Gasteiger partial charge in [0.2, 0.25) is 5.88 Å². The maximum atomic E-state index is 5.99. The van der Waals surface area contributed by atoms with Gasteiger partial charge in [-0.3, -0.25) is 0 Å². The fourth-order valence-electron chi connectivity index (χ4n) is 2.06. The number of anilines is 2. The van der Waals surface area contributed by atoms with Gasteiger partial charge in [-0.25, -0.2) is 9.97 Å². The van der Waals surface area contributed by atoms with Gasteiger partial charge in [0.15, 0.2) is 5.75 Å². The van der Waals surface area contributed by atoms with Gasteiger partial charge in [0.1, 0.15) is 6.33 Å². The zero-order valence-electron chi connectivity index (χ0n) is 11.9. The van der Waals surface area contributed by atoms with Crippen LogP contribution in [0.3, 0.4) is 0 Å². The molecule has 0 fully saturated rings. The number of rotatable bonds is 3. The standard InChI is InChI=1S/C16H16N4O/c1-20(2)11-7-8-13(17)15(9-11)21-16-12-5-3-4-6-14(12)18-10-19-16/h3-10H,17H2,1-2H3. The molecule has 0 amide bonds. The molecule has 21 heavy (non-hydrogen) atoms. The Bertz CT molecular complexity index is 781. The Morgan fingerprint density at radius 1 is 1.05 bits per heavy atom. The maximum Gasteiger partial charge on any atom is 0.230 e. The Balaban J connectivity index is 2.04. The van der Waals surface area contributed by atoms with Crippen molar-refractivity contribution < 1.29 is 4.74 Å². The molecule has 1 aromatic heterocycles. The van der Waals surface area contributed by atoms with E-state index in [9.17, 15) is 0 Å². The van der Waals surface area contributed by atoms with E-state index in [0.717, 1.165) is 16.6 Å². The van der Waals surface area contributed by atoms with Gasteiger partial charge in [-0.1, -0.05) is 12.1 Å². The van der Waals surface area contributed by atoms with Crippen molar-refractivity contribution in [1.82, 2.24) is 9.97 Å². The lowest BCUT2D eigenvalue weighted by atomic mass is 10.2. The summed E-state index contributed by atoms with van der Waals surface area (Å²) < 4.78 is 5.91. The van der Waals surface area contributed by atoms with Gasteiger partial charge >= 0.3 is 0 Å². The monoisotopic (exact) mass is 280 g/mol. The third-order valence-electron chi connectivity index (χ3n) is 3.23. The van der Waals surface area contributed by atoms with Crippen molar-refractivity contribution in [3.8, 4) is 11.6 Å². The highest BCUT2D eigenvalue weighted by Gasteiger charge is 2.09. The Morgan fingerprint density at radius 2 is 1.86 bits per heavy atom. The molecule has 0 bridgehead atoms. The summed E-state index contributed by atoms with van der Waals surface area (Å²) in [4.78, 5) is 10.4. The number of hydrogen-bond acceptors (Lipinski definition) is 5. The van der Waals surface area contributed by atoms with Gasteiger partial charge in [0, 0.05) is 25.8 Å². The first kappa shape index (κ1) is 13.2. The molecule has 0 radical (unpaired) electrons. The Morgan fingerprint density at radius 3 is 2.67 bits per heavy atom. The van der Waals surface area contributed by atoms with Gasteiger partial charge < -0.3 is 15.4 Å². The number of benzene rings is 2. The summed E-state index contributed by atoms with van der Waals surface area (Å²) in [6.45, 7) is 0. The lowest BCUT2D eigenvalue weighted by molar-refractivity contribution is 0.470. The predicted octanol–water partition coefficient (Wildman–Crippen LogP) is 3.07. The zero-order chi connectivity index (χ0) is 14.8. The van der Waals surface area contributed by atoms with E-state index >= 15 is 0 Å². The number of aromatic nitrogens is 2. The topological polar surface area (TPSA) is 64.3 Å². The normalized spacial score (nSPS) is 10.6. The average Bonchev–Trinajstić information content (AvgIpc) is 2.49. The van der Waals surface area contributed by atoms with Crippen LogP contribution < -0.4 is 15.4 Å². The van der Waals surface area contributed by atoms with Gasteiger partial charge in [-0.2, -0.15) is 0 Å². The Kier molecular flexibility index (Phi) is 3.31. The SMILES string of the molecule is CN(C)c1ccc(N)c(Oc2ncnc3ccccc23)c1. The van der Waals surface area contributed by atoms with Crippen LogP contribution in [-0.4, -0.2) is 24.1 Å². The number of hydrogen-bond donors (Lipinski definition) is 1. The molecule has 5 heteroatoms. The van der Waals surface area contributed by atoms with E-state index < -0.39 is 0 Å². The summed E-state index contributed by atoms with van der Waals surface area (Å²) in [6.07, 6.45) is 1.49. The molecular weight excluding hydrogens is 264 g/mol. The first-order valence-corrected chi connectivity index (χ1v) is 6.59. The fourth-order valence-corrected chi connectivity index (χ4v) is 2.06. The van der Waals surface area contributed by atoms with Crippen molar-refractivity contribution in [2.75, 3.05) is 24.7 Å². The highest BCUT2D eigenvalue weighted by atomic mass is 16.5. The number of nitrogen functional groups attached to an aromatic ring is 1. The average molecular weight is 280 g/mol. The minimum atomic E-state index is 0.503. The molecule has 0 aliphatic rings. The van der Waals surface area contributed by atoms with Crippen molar-refractivity contribution in [3.05, 3.63) is 48.8 Å². The fraction of sp³-hybridized carbons (Fsp3) is 0.125. The number of ether oxygens (including phenoxy) is 1. The molecule has 0 aliphatic carbocycles. The lowest BCUT2D eigenvalue weighted by Gasteiger charge is -2.15. The van der Waals surface area contributed by atoms with Crippen LogP contribution in [0.25, 0.3) is 10.9 Å². The molecule has 0 unspecified atom stereocenters. The second-order valence-electron chi connectivity index (χ2n) is 4.91. The first-order chi connectivity index (χ1) is 10.1. The second-order valence-corrected chi connectivity index (χ2v) is 4.91. The molecule has 5 nitrogen and oxygen atoms in total. The number of fused-ring (bicyclic) bond motifs is 1. The summed E-state index contributed by atoms with van der Waals surface area (Å²) in [5, 5.41) is 0.856. The van der Waals surface area contributed by atoms with Gasteiger partial charge in [-0.15, -0.1) is 0 Å². The van der Waals surface area contributed by atoms with Crippen molar-refractivity contribution in [2.45, 2.75) is 0 Å². The van der Waals surface area contributed by atoms with E-state index in [2.05, 4.69) is 9.97 Å². The predicted molar refractivity (Wildman–Crippen MR) is 84.8 cm³/mol. The molecule has 3 aromatic rings. The number of para-hydroxylation sites is 1. The van der Waals surface area contributed by atoms with Crippen LogP contribution >= 0.6 is 0 Å². The largest absolute Gasteiger partial charge is 0.436 e. The highest BCUT2D eigenvalue weighted by molar-refractivity contribution is 5.83. The van der Waals surface area contributed by atoms with Crippen LogP contribution in [0, 0.1) is 0 Å². The van der Waals surface area contributed by atoms with E-state index in [1.165, 1.54) is 6.33 Å². The van der Waals surface area contributed by atoms with E-state index in [-0.39, 0.29) is 0 Å². The molecular formula is C16H16N4O. The van der Waals surface area contributed by atoms with Crippen molar-refractivity contribution in [1.29, 1.82) is 0 Å². The minimum Gasteiger partial charge on any atom is -0.436 e. The van der Waals surface area contributed by atoms with E-state index in [4.69, 9.17) is 10.5 Å². The van der Waals surface area contributed by atoms with Crippen molar-refractivity contribution in [2.24, 2.45) is 0 Å². The zero-order valence-corrected chi connectivity index (χ0v) is 11.9. The molecule has 1 heterocycles. The van der Waals surface area contributed by atoms with E-state index in [1.807, 2.05) is 61.5 Å². The van der Waals surface area contributed by atoms with Crippen molar-refractivity contribution >= 4 is 22.3 Å². The van der Waals surface area contributed by atoms with Crippen LogP contribution in [-0.2, 0) is 0 Å². The molecule has 3 rings (SSSR count). The van der Waals surface area contributed by atoms with E-state index in [1.54, 1.807) is 0 Å². The van der Waals surface area contributed by atoms with Gasteiger partial charge in [-0.05, 0) is 24.3 Å². The third kappa shape index (κ3) is 2.58. The molecule has 106 valence electrons. The quantitative estimate of drug-likeness (QED) is 0.747. The third-order valence-corrected chi connectivity index (χ3v) is 3.23. The van der Waals surface area contributed by atoms with Crippen LogP contribution in [0.15, 0.2) is 48.8 Å². The summed E-state index contributed by atoms with van der Waals surface area (Å²) in [7, 11) is 3.94. The molecule has 0 atom stereocenters. The summed E-state index contributed by atoms with van der Waals surface area (Å²) >= 11 is 0. The molecule has 0 saturated carbocycles. The summed E-state index contributed by atoms with van der Waals surface area (Å²) in [6, 6.07) is 13.4. The summed E-state index contributed by atoms with van der Waals surface area (Å²) in [5.41, 5.74) is 8.42. The van der Waals surface area contributed by atoms with Crippen LogP contribution in [0.4, 0.5) is 11.4 Å². The van der Waals surface area contributed by atoms with Crippen molar-refractivity contribution in [3.63, 3.8) is 0 Å². The lowest BCUT2D eigenvalue weighted by Crippen LogP contribution is -2.08. The smallest absolute Gasteiger partial charge is 0.230 e. The van der Waals surface area contributed by atoms with Gasteiger partial charge in [0.05, 0.1) is 16.6 Å². The van der Waals surface area contributed by atoms with Crippen LogP contribution in [0.2, 0.25) is 0 Å². The molecule has 0 spiro atoms. The molecule has 0 aliphatic heterocycles. The number of nitrogens with zero attached hydrogens (tertiary/aromatic N) is 3. The van der Waals surface area contributed by atoms with Gasteiger partial charge in [0.25, 0.3) is 0 Å². The number of nitrogens with two attached hydrogens (primary N) is 1. The molecule has 2 aromatic carbocycles. The minimum absolute atomic E-state index is 0.503. The second kappa shape index (κ2) is 5.28. The Hall–Kier alpha value is -2.82. The molecule has 0 saturated heterocycles.